The molecule has 5 nitrogen and oxygen atoms in total. The van der Waals surface area contributed by atoms with Crippen LogP contribution in [-0.4, -0.2) is 22.7 Å². The van der Waals surface area contributed by atoms with E-state index in [9.17, 15) is 9.59 Å². The minimum atomic E-state index is -0.248. The summed E-state index contributed by atoms with van der Waals surface area (Å²) in [4.78, 5) is 24.4. The summed E-state index contributed by atoms with van der Waals surface area (Å²) >= 11 is 9.66. The molecular weight excluding hydrogens is 460 g/mol. The van der Waals surface area contributed by atoms with Gasteiger partial charge in [0.15, 0.2) is 6.61 Å². The molecule has 28 heavy (non-hydrogen) atoms. The van der Waals surface area contributed by atoms with Gasteiger partial charge < -0.3 is 15.4 Å². The quantitative estimate of drug-likeness (QED) is 0.488. The van der Waals surface area contributed by atoms with E-state index in [-0.39, 0.29) is 18.4 Å². The van der Waals surface area contributed by atoms with Gasteiger partial charge in [0.2, 0.25) is 0 Å². The zero-order valence-electron chi connectivity index (χ0n) is 15.2. The van der Waals surface area contributed by atoms with Gasteiger partial charge in [-0.1, -0.05) is 36.1 Å². The molecule has 2 aromatic carbocycles. The fourth-order valence-electron chi connectivity index (χ4n) is 2.44. The van der Waals surface area contributed by atoms with Crippen LogP contribution in [0.1, 0.15) is 16.7 Å². The SMILES string of the molecule is Cc1cc(Br)c(NC(=O)COc2ccc(/C=C3\SC(=S)NC3=O)cc2)cc1C. The summed E-state index contributed by atoms with van der Waals surface area (Å²) in [7, 11) is 0. The molecule has 0 unspecified atom stereocenters. The van der Waals surface area contributed by atoms with Crippen LogP contribution in [0.4, 0.5) is 5.69 Å². The number of anilines is 1. The number of halogens is 1. The Balaban J connectivity index is 1.57. The normalized spacial score (nSPS) is 14.9. The highest BCUT2D eigenvalue weighted by Gasteiger charge is 2.21. The van der Waals surface area contributed by atoms with Gasteiger partial charge in [0.1, 0.15) is 10.1 Å². The second-order valence-electron chi connectivity index (χ2n) is 6.17. The predicted molar refractivity (Wildman–Crippen MR) is 120 cm³/mol. The molecule has 1 fully saturated rings. The van der Waals surface area contributed by atoms with Crippen LogP contribution < -0.4 is 15.4 Å². The summed E-state index contributed by atoms with van der Waals surface area (Å²) in [5, 5.41) is 5.41. The van der Waals surface area contributed by atoms with Crippen molar-refractivity contribution in [2.45, 2.75) is 13.8 Å². The Kier molecular flexibility index (Phi) is 6.53. The maximum Gasteiger partial charge on any atom is 0.263 e. The number of hydrogen-bond acceptors (Lipinski definition) is 5. The molecule has 0 radical (unpaired) electrons. The molecule has 2 N–H and O–H groups in total. The Morgan fingerprint density at radius 3 is 2.57 bits per heavy atom. The highest BCUT2D eigenvalue weighted by molar-refractivity contribution is 9.10. The number of amides is 2. The number of hydrogen-bond donors (Lipinski definition) is 2. The number of carbonyl (C=O) groups is 2. The van der Waals surface area contributed by atoms with Gasteiger partial charge in [0.05, 0.1) is 10.6 Å². The molecule has 1 aliphatic rings. The van der Waals surface area contributed by atoms with E-state index in [0.717, 1.165) is 21.2 Å². The maximum atomic E-state index is 12.2. The first kappa shape index (κ1) is 20.6. The number of rotatable bonds is 5. The lowest BCUT2D eigenvalue weighted by Gasteiger charge is -2.11. The molecule has 0 saturated carbocycles. The van der Waals surface area contributed by atoms with Crippen molar-refractivity contribution >= 4 is 67.8 Å². The van der Waals surface area contributed by atoms with Crippen LogP contribution >= 0.6 is 39.9 Å². The van der Waals surface area contributed by atoms with Crippen LogP contribution in [0.15, 0.2) is 45.8 Å². The highest BCUT2D eigenvalue weighted by atomic mass is 79.9. The Hall–Kier alpha value is -2.16. The smallest absolute Gasteiger partial charge is 0.263 e. The van der Waals surface area contributed by atoms with Gasteiger partial charge in [-0.15, -0.1) is 0 Å². The first-order valence-corrected chi connectivity index (χ1v) is 10.4. The molecule has 3 rings (SSSR count). The average Bonchev–Trinajstić information content (AvgIpc) is 2.96. The van der Waals surface area contributed by atoms with E-state index in [4.69, 9.17) is 17.0 Å². The van der Waals surface area contributed by atoms with Crippen molar-refractivity contribution < 1.29 is 14.3 Å². The van der Waals surface area contributed by atoms with E-state index in [1.165, 1.54) is 11.8 Å². The topological polar surface area (TPSA) is 67.4 Å². The first-order chi connectivity index (χ1) is 13.3. The number of carbonyl (C=O) groups excluding carboxylic acids is 2. The largest absolute Gasteiger partial charge is 0.484 e. The molecule has 2 amide bonds. The van der Waals surface area contributed by atoms with Crippen LogP contribution in [0.2, 0.25) is 0 Å². The number of aryl methyl sites for hydroxylation is 2. The van der Waals surface area contributed by atoms with Crippen molar-refractivity contribution in [1.82, 2.24) is 5.32 Å². The van der Waals surface area contributed by atoms with Crippen LogP contribution in [0.25, 0.3) is 6.08 Å². The third-order valence-electron chi connectivity index (χ3n) is 4.05. The molecule has 1 saturated heterocycles. The summed E-state index contributed by atoms with van der Waals surface area (Å²) in [6.45, 7) is 3.90. The fourth-order valence-corrected chi connectivity index (χ4v) is 4.05. The summed E-state index contributed by atoms with van der Waals surface area (Å²) < 4.78 is 6.83. The maximum absolute atomic E-state index is 12.2. The van der Waals surface area contributed by atoms with Crippen LogP contribution in [0, 0.1) is 13.8 Å². The lowest BCUT2D eigenvalue weighted by molar-refractivity contribution is -0.118. The minimum Gasteiger partial charge on any atom is -0.484 e. The number of thiocarbonyl (C=S) groups is 1. The zero-order valence-corrected chi connectivity index (χ0v) is 18.4. The van der Waals surface area contributed by atoms with E-state index >= 15 is 0 Å². The van der Waals surface area contributed by atoms with E-state index in [1.807, 2.05) is 38.1 Å². The summed E-state index contributed by atoms with van der Waals surface area (Å²) in [6.07, 6.45) is 1.76. The number of thioether (sulfide) groups is 1. The fraction of sp³-hybridized carbons (Fsp3) is 0.150. The first-order valence-electron chi connectivity index (χ1n) is 8.36. The second-order valence-corrected chi connectivity index (χ2v) is 8.75. The van der Waals surface area contributed by atoms with Gasteiger partial charge in [-0.25, -0.2) is 0 Å². The lowest BCUT2D eigenvalue weighted by Crippen LogP contribution is -2.20. The Morgan fingerprint density at radius 1 is 1.25 bits per heavy atom. The molecule has 0 bridgehead atoms. The highest BCUT2D eigenvalue weighted by Crippen LogP contribution is 2.27. The monoisotopic (exact) mass is 476 g/mol. The molecule has 0 aliphatic carbocycles. The molecule has 0 aromatic heterocycles. The molecule has 1 heterocycles. The zero-order chi connectivity index (χ0) is 20.3. The van der Waals surface area contributed by atoms with Gasteiger partial charge in [0.25, 0.3) is 11.8 Å². The molecule has 1 aliphatic heterocycles. The average molecular weight is 477 g/mol. The second kappa shape index (κ2) is 8.89. The van der Waals surface area contributed by atoms with Crippen LogP contribution in [0.5, 0.6) is 5.75 Å². The Labute approximate surface area is 181 Å². The van der Waals surface area contributed by atoms with Crippen molar-refractivity contribution in [3.63, 3.8) is 0 Å². The van der Waals surface area contributed by atoms with Gasteiger partial charge in [0, 0.05) is 4.47 Å². The number of ether oxygens (including phenoxy) is 1. The molecule has 0 atom stereocenters. The van der Waals surface area contributed by atoms with Crippen molar-refractivity contribution in [3.05, 3.63) is 62.5 Å². The third-order valence-corrected chi connectivity index (χ3v) is 5.87. The van der Waals surface area contributed by atoms with E-state index in [0.29, 0.717) is 20.7 Å². The third kappa shape index (κ3) is 5.21. The Morgan fingerprint density at radius 2 is 1.93 bits per heavy atom. The van der Waals surface area contributed by atoms with Gasteiger partial charge in [-0.05, 0) is 76.8 Å². The summed E-state index contributed by atoms with van der Waals surface area (Å²) in [5.74, 6) is 0.127. The van der Waals surface area contributed by atoms with Crippen molar-refractivity contribution in [2.24, 2.45) is 0 Å². The van der Waals surface area contributed by atoms with E-state index in [2.05, 4.69) is 26.6 Å². The van der Waals surface area contributed by atoms with Crippen LogP contribution in [-0.2, 0) is 9.59 Å². The van der Waals surface area contributed by atoms with Gasteiger partial charge in [-0.2, -0.15) is 0 Å². The lowest BCUT2D eigenvalue weighted by atomic mass is 10.1. The van der Waals surface area contributed by atoms with Gasteiger partial charge in [-0.3, -0.25) is 9.59 Å². The number of nitrogens with one attached hydrogen (secondary N) is 2. The van der Waals surface area contributed by atoms with Crippen molar-refractivity contribution in [2.75, 3.05) is 11.9 Å². The standard InChI is InChI=1S/C20H17BrN2O3S2/c1-11-7-15(21)16(8-12(11)2)22-18(24)10-26-14-5-3-13(4-6-14)9-17-19(25)23-20(27)28-17/h3-9H,10H2,1-2H3,(H,22,24)(H,23,25,27)/b17-9-. The molecular formula is C20H17BrN2O3S2. The van der Waals surface area contributed by atoms with Crippen molar-refractivity contribution in [3.8, 4) is 5.75 Å². The Bertz CT molecular complexity index is 988. The van der Waals surface area contributed by atoms with Crippen LogP contribution in [0.3, 0.4) is 0 Å². The van der Waals surface area contributed by atoms with Crippen molar-refractivity contribution in [1.29, 1.82) is 0 Å². The molecule has 2 aromatic rings. The predicted octanol–water partition coefficient (Wildman–Crippen LogP) is 4.57. The summed E-state index contributed by atoms with van der Waals surface area (Å²) in [5.41, 5.74) is 3.80. The molecule has 8 heteroatoms. The molecule has 0 spiro atoms. The minimum absolute atomic E-state index is 0.105. The van der Waals surface area contributed by atoms with E-state index < -0.39 is 0 Å². The number of benzene rings is 2. The van der Waals surface area contributed by atoms with E-state index in [1.54, 1.807) is 18.2 Å². The summed E-state index contributed by atoms with van der Waals surface area (Å²) in [6, 6.07) is 11.0. The molecule has 144 valence electrons. The van der Waals surface area contributed by atoms with Gasteiger partial charge >= 0.3 is 0 Å².